The highest BCUT2D eigenvalue weighted by Crippen LogP contribution is 2.32. The van der Waals surface area contributed by atoms with Crippen LogP contribution in [0.1, 0.15) is 5.69 Å². The second-order valence-electron chi connectivity index (χ2n) is 5.30. The number of nitrogens with zero attached hydrogens (tertiary/aromatic N) is 3. The number of imidazole rings is 1. The summed E-state index contributed by atoms with van der Waals surface area (Å²) in [6, 6.07) is 10.3. The molecule has 0 atom stereocenters. The molecule has 130 valence electrons. The molecule has 0 unspecified atom stereocenters. The number of hydrogen-bond donors (Lipinski definition) is 0. The fourth-order valence-electron chi connectivity index (χ4n) is 2.24. The lowest BCUT2D eigenvalue weighted by atomic mass is 10.2. The fourth-order valence-corrected chi connectivity index (χ4v) is 2.87. The van der Waals surface area contributed by atoms with Crippen molar-refractivity contribution in [2.75, 3.05) is 6.26 Å². The zero-order valence-electron chi connectivity index (χ0n) is 12.9. The average Bonchev–Trinajstić information content (AvgIpc) is 3.00. The Kier molecular flexibility index (Phi) is 4.11. The Morgan fingerprint density at radius 1 is 1.04 bits per heavy atom. The van der Waals surface area contributed by atoms with Gasteiger partial charge in [-0.2, -0.15) is 13.2 Å². The number of alkyl halides is 3. The van der Waals surface area contributed by atoms with E-state index in [0.29, 0.717) is 5.56 Å². The van der Waals surface area contributed by atoms with Crippen LogP contribution in [0.4, 0.5) is 13.2 Å². The molecule has 0 bridgehead atoms. The van der Waals surface area contributed by atoms with Gasteiger partial charge in [0.25, 0.3) is 0 Å². The normalized spacial score (nSPS) is 12.3. The fraction of sp³-hybridized carbons (Fsp3) is 0.125. The first-order valence-electron chi connectivity index (χ1n) is 7.05. The van der Waals surface area contributed by atoms with Crippen LogP contribution in [0.2, 0.25) is 0 Å². The van der Waals surface area contributed by atoms with Crippen molar-refractivity contribution in [1.82, 2.24) is 14.5 Å². The summed E-state index contributed by atoms with van der Waals surface area (Å²) in [6.45, 7) is 0. The molecule has 25 heavy (non-hydrogen) atoms. The Hall–Kier alpha value is -2.68. The van der Waals surface area contributed by atoms with Gasteiger partial charge >= 0.3 is 6.18 Å². The van der Waals surface area contributed by atoms with Gasteiger partial charge in [0, 0.05) is 24.2 Å². The van der Waals surface area contributed by atoms with E-state index in [1.54, 1.807) is 18.2 Å². The molecule has 9 heteroatoms. The van der Waals surface area contributed by atoms with Gasteiger partial charge in [0.2, 0.25) is 0 Å². The smallest absolute Gasteiger partial charge is 0.283 e. The SMILES string of the molecule is CS(=O)(=O)c1ccc(-c2nc(C(F)(F)F)cn2-c2ccccn2)cc1. The largest absolute Gasteiger partial charge is 0.434 e. The number of halogens is 3. The van der Waals surface area contributed by atoms with Crippen molar-refractivity contribution in [3.63, 3.8) is 0 Å². The Bertz CT molecular complexity index is 995. The van der Waals surface area contributed by atoms with Gasteiger partial charge in [-0.3, -0.25) is 4.57 Å². The minimum Gasteiger partial charge on any atom is -0.283 e. The third kappa shape index (κ3) is 3.55. The van der Waals surface area contributed by atoms with Crippen LogP contribution in [0.5, 0.6) is 0 Å². The van der Waals surface area contributed by atoms with E-state index in [1.165, 1.54) is 35.0 Å². The third-order valence-corrected chi connectivity index (χ3v) is 4.56. The van der Waals surface area contributed by atoms with Gasteiger partial charge in [0.1, 0.15) is 11.6 Å². The maximum Gasteiger partial charge on any atom is 0.434 e. The van der Waals surface area contributed by atoms with Crippen LogP contribution in [-0.4, -0.2) is 29.2 Å². The summed E-state index contributed by atoms with van der Waals surface area (Å²) in [5.74, 6) is 0.291. The van der Waals surface area contributed by atoms with Gasteiger partial charge in [0.05, 0.1) is 4.90 Å². The topological polar surface area (TPSA) is 64.8 Å². The molecule has 0 aliphatic carbocycles. The highest BCUT2D eigenvalue weighted by molar-refractivity contribution is 7.90. The van der Waals surface area contributed by atoms with Crippen molar-refractivity contribution in [1.29, 1.82) is 0 Å². The van der Waals surface area contributed by atoms with Crippen LogP contribution in [0.15, 0.2) is 59.8 Å². The molecular formula is C16H12F3N3O2S. The van der Waals surface area contributed by atoms with Crippen molar-refractivity contribution in [2.45, 2.75) is 11.1 Å². The number of sulfone groups is 1. The number of benzene rings is 1. The third-order valence-electron chi connectivity index (χ3n) is 3.43. The summed E-state index contributed by atoms with van der Waals surface area (Å²) in [5.41, 5.74) is -0.714. The predicted molar refractivity (Wildman–Crippen MR) is 84.9 cm³/mol. The first-order valence-corrected chi connectivity index (χ1v) is 8.94. The van der Waals surface area contributed by atoms with Crippen LogP contribution in [0.25, 0.3) is 17.2 Å². The van der Waals surface area contributed by atoms with Crippen LogP contribution in [0, 0.1) is 0 Å². The molecule has 3 aromatic rings. The van der Waals surface area contributed by atoms with Gasteiger partial charge in [-0.1, -0.05) is 6.07 Å². The Balaban J connectivity index is 2.16. The Morgan fingerprint density at radius 3 is 2.24 bits per heavy atom. The summed E-state index contributed by atoms with van der Waals surface area (Å²) in [7, 11) is -3.40. The second-order valence-corrected chi connectivity index (χ2v) is 7.32. The number of aromatic nitrogens is 3. The summed E-state index contributed by atoms with van der Waals surface area (Å²) in [6.07, 6.45) is -1.23. The summed E-state index contributed by atoms with van der Waals surface area (Å²) in [5, 5.41) is 0. The minimum absolute atomic E-state index is 0.0195. The lowest BCUT2D eigenvalue weighted by Crippen LogP contribution is -2.05. The summed E-state index contributed by atoms with van der Waals surface area (Å²) < 4.78 is 63.4. The number of rotatable bonds is 3. The molecule has 5 nitrogen and oxygen atoms in total. The summed E-state index contributed by atoms with van der Waals surface area (Å²) >= 11 is 0. The highest BCUT2D eigenvalue weighted by atomic mass is 32.2. The van der Waals surface area contributed by atoms with E-state index in [-0.39, 0.29) is 16.5 Å². The molecule has 0 spiro atoms. The van der Waals surface area contributed by atoms with Crippen LogP contribution < -0.4 is 0 Å². The van der Waals surface area contributed by atoms with E-state index < -0.39 is 21.7 Å². The van der Waals surface area contributed by atoms with E-state index >= 15 is 0 Å². The maximum atomic E-state index is 13.1. The van der Waals surface area contributed by atoms with Crippen LogP contribution >= 0.6 is 0 Å². The quantitative estimate of drug-likeness (QED) is 0.712. The molecule has 0 fully saturated rings. The molecule has 3 rings (SSSR count). The highest BCUT2D eigenvalue weighted by Gasteiger charge is 2.35. The predicted octanol–water partition coefficient (Wildman–Crippen LogP) is 3.36. The first-order chi connectivity index (χ1) is 11.7. The number of hydrogen-bond acceptors (Lipinski definition) is 4. The van der Waals surface area contributed by atoms with Gasteiger partial charge in [-0.25, -0.2) is 18.4 Å². The van der Waals surface area contributed by atoms with Crippen LogP contribution in [-0.2, 0) is 16.0 Å². The van der Waals surface area contributed by atoms with Gasteiger partial charge in [0.15, 0.2) is 15.5 Å². The van der Waals surface area contributed by atoms with Crippen LogP contribution in [0.3, 0.4) is 0 Å². The molecule has 1 aromatic carbocycles. The molecule has 0 saturated heterocycles. The Morgan fingerprint density at radius 2 is 1.72 bits per heavy atom. The zero-order valence-corrected chi connectivity index (χ0v) is 13.7. The zero-order chi connectivity index (χ0) is 18.2. The van der Waals surface area contributed by atoms with Crippen molar-refractivity contribution in [3.8, 4) is 17.2 Å². The lowest BCUT2D eigenvalue weighted by molar-refractivity contribution is -0.140. The molecule has 0 radical (unpaired) electrons. The number of pyridine rings is 1. The van der Waals surface area contributed by atoms with Gasteiger partial charge in [-0.05, 0) is 36.4 Å². The molecule has 0 aliphatic rings. The van der Waals surface area contributed by atoms with Crippen molar-refractivity contribution in [2.24, 2.45) is 0 Å². The van der Waals surface area contributed by atoms with E-state index in [1.807, 2.05) is 0 Å². The van der Waals surface area contributed by atoms with E-state index in [9.17, 15) is 21.6 Å². The van der Waals surface area contributed by atoms with Crippen molar-refractivity contribution < 1.29 is 21.6 Å². The summed E-state index contributed by atoms with van der Waals surface area (Å²) in [4.78, 5) is 7.79. The molecule has 0 aliphatic heterocycles. The molecular weight excluding hydrogens is 355 g/mol. The monoisotopic (exact) mass is 367 g/mol. The van der Waals surface area contributed by atoms with E-state index in [2.05, 4.69) is 9.97 Å². The molecule has 2 heterocycles. The van der Waals surface area contributed by atoms with Gasteiger partial charge in [-0.15, -0.1) is 0 Å². The van der Waals surface area contributed by atoms with E-state index in [0.717, 1.165) is 12.5 Å². The molecule has 0 N–H and O–H groups in total. The van der Waals surface area contributed by atoms with Gasteiger partial charge < -0.3 is 0 Å². The molecule has 0 amide bonds. The van der Waals surface area contributed by atoms with Crippen molar-refractivity contribution in [3.05, 3.63) is 60.6 Å². The standard InChI is InChI=1S/C16H12F3N3O2S/c1-25(23,24)12-7-5-11(6-8-12)15-21-13(16(17,18)19)10-22(15)14-4-2-3-9-20-14/h2-10H,1H3. The second kappa shape index (κ2) is 5.99. The molecule has 2 aromatic heterocycles. The molecule has 0 saturated carbocycles. The Labute approximate surface area is 141 Å². The lowest BCUT2D eigenvalue weighted by Gasteiger charge is -2.07. The van der Waals surface area contributed by atoms with Crippen molar-refractivity contribution >= 4 is 9.84 Å². The van der Waals surface area contributed by atoms with E-state index in [4.69, 9.17) is 0 Å². The first kappa shape index (κ1) is 17.2. The maximum absolute atomic E-state index is 13.1. The average molecular weight is 367 g/mol. The minimum atomic E-state index is -4.61.